The van der Waals surface area contributed by atoms with Gasteiger partial charge in [-0.25, -0.2) is 15.0 Å². The molecule has 2 N–H and O–H groups in total. The van der Waals surface area contributed by atoms with Crippen molar-refractivity contribution < 1.29 is 0 Å². The summed E-state index contributed by atoms with van der Waals surface area (Å²) < 4.78 is 1.75. The zero-order chi connectivity index (χ0) is 11.1. The maximum atomic E-state index is 5.77. The highest BCUT2D eigenvalue weighted by atomic mass is 32.1. The molecule has 16 heavy (non-hydrogen) atoms. The number of nitrogens with zero attached hydrogens (tertiary/aromatic N) is 4. The predicted molar refractivity (Wildman–Crippen MR) is 63.2 cm³/mol. The Bertz CT molecular complexity index is 654. The molecule has 3 aromatic heterocycles. The summed E-state index contributed by atoms with van der Waals surface area (Å²) in [5.74, 6) is 1.18. The molecule has 3 aromatic rings. The van der Waals surface area contributed by atoms with Gasteiger partial charge in [-0.3, -0.25) is 4.40 Å². The van der Waals surface area contributed by atoms with Crippen LogP contribution >= 0.6 is 11.3 Å². The van der Waals surface area contributed by atoms with Crippen molar-refractivity contribution in [3.05, 3.63) is 29.0 Å². The van der Waals surface area contributed by atoms with Crippen molar-refractivity contribution in [2.45, 2.75) is 6.92 Å². The number of nitrogen functional groups attached to an aromatic ring is 1. The van der Waals surface area contributed by atoms with Crippen molar-refractivity contribution in [2.24, 2.45) is 0 Å². The van der Waals surface area contributed by atoms with Gasteiger partial charge in [0.1, 0.15) is 5.82 Å². The molecule has 0 radical (unpaired) electrons. The largest absolute Gasteiger partial charge is 0.383 e. The van der Waals surface area contributed by atoms with E-state index in [2.05, 4.69) is 15.0 Å². The molecule has 0 atom stereocenters. The van der Waals surface area contributed by atoms with Gasteiger partial charge in [0.05, 0.1) is 16.9 Å². The van der Waals surface area contributed by atoms with Crippen LogP contribution in [0.4, 0.5) is 5.82 Å². The summed E-state index contributed by atoms with van der Waals surface area (Å²) in [5, 5.41) is 3.04. The minimum Gasteiger partial charge on any atom is -0.383 e. The highest BCUT2D eigenvalue weighted by Gasteiger charge is 2.06. The highest BCUT2D eigenvalue weighted by Crippen LogP contribution is 2.21. The van der Waals surface area contributed by atoms with Crippen LogP contribution in [0.2, 0.25) is 0 Å². The van der Waals surface area contributed by atoms with Gasteiger partial charge in [-0.05, 0) is 6.92 Å². The quantitative estimate of drug-likeness (QED) is 0.692. The molecule has 0 aliphatic heterocycles. The van der Waals surface area contributed by atoms with E-state index in [0.29, 0.717) is 11.6 Å². The van der Waals surface area contributed by atoms with E-state index in [9.17, 15) is 0 Å². The average Bonchev–Trinajstić information content (AvgIpc) is 2.86. The first-order chi connectivity index (χ1) is 7.74. The van der Waals surface area contributed by atoms with Crippen molar-refractivity contribution in [2.75, 3.05) is 5.73 Å². The molecule has 80 valence electrons. The normalized spacial score (nSPS) is 11.1. The second kappa shape index (κ2) is 3.28. The Labute approximate surface area is 95.6 Å². The molecule has 0 aliphatic rings. The molecule has 0 fully saturated rings. The Morgan fingerprint density at radius 3 is 2.88 bits per heavy atom. The molecule has 0 aliphatic carbocycles. The van der Waals surface area contributed by atoms with Crippen LogP contribution in [0.15, 0.2) is 24.0 Å². The van der Waals surface area contributed by atoms with Crippen LogP contribution in [0.25, 0.3) is 17.0 Å². The fourth-order valence-corrected chi connectivity index (χ4v) is 2.14. The third kappa shape index (κ3) is 1.35. The lowest BCUT2D eigenvalue weighted by atomic mass is 10.3. The third-order valence-electron chi connectivity index (χ3n) is 2.31. The van der Waals surface area contributed by atoms with Gasteiger partial charge in [-0.2, -0.15) is 0 Å². The SMILES string of the molecule is Cc1nc(-c2cnc3ncc(N)n3c2)cs1. The topological polar surface area (TPSA) is 69.1 Å². The van der Waals surface area contributed by atoms with E-state index in [0.717, 1.165) is 16.3 Å². The number of anilines is 1. The van der Waals surface area contributed by atoms with Gasteiger partial charge in [-0.1, -0.05) is 0 Å². The third-order valence-corrected chi connectivity index (χ3v) is 3.08. The Morgan fingerprint density at radius 2 is 2.12 bits per heavy atom. The van der Waals surface area contributed by atoms with Gasteiger partial charge >= 0.3 is 0 Å². The van der Waals surface area contributed by atoms with Crippen LogP contribution in [-0.2, 0) is 0 Å². The number of rotatable bonds is 1. The second-order valence-electron chi connectivity index (χ2n) is 3.45. The highest BCUT2D eigenvalue weighted by molar-refractivity contribution is 7.09. The summed E-state index contributed by atoms with van der Waals surface area (Å²) in [4.78, 5) is 12.7. The van der Waals surface area contributed by atoms with E-state index in [4.69, 9.17) is 5.73 Å². The van der Waals surface area contributed by atoms with Crippen LogP contribution in [0.3, 0.4) is 0 Å². The summed E-state index contributed by atoms with van der Waals surface area (Å²) in [6.07, 6.45) is 5.26. The molecule has 0 bridgehead atoms. The van der Waals surface area contributed by atoms with Gasteiger partial charge in [0.25, 0.3) is 0 Å². The molecule has 0 unspecified atom stereocenters. The van der Waals surface area contributed by atoms with Crippen molar-refractivity contribution in [3.8, 4) is 11.3 Å². The predicted octanol–water partition coefficient (Wildman–Crippen LogP) is 1.74. The first kappa shape index (κ1) is 9.29. The maximum Gasteiger partial charge on any atom is 0.235 e. The lowest BCUT2D eigenvalue weighted by Crippen LogP contribution is -1.95. The van der Waals surface area contributed by atoms with Crippen molar-refractivity contribution in [1.29, 1.82) is 0 Å². The van der Waals surface area contributed by atoms with Crippen LogP contribution in [-0.4, -0.2) is 19.4 Å². The molecule has 0 saturated carbocycles. The number of hydrogen-bond donors (Lipinski definition) is 1. The van der Waals surface area contributed by atoms with E-state index >= 15 is 0 Å². The van der Waals surface area contributed by atoms with E-state index in [1.807, 2.05) is 18.5 Å². The average molecular weight is 231 g/mol. The molecular weight excluding hydrogens is 222 g/mol. The van der Waals surface area contributed by atoms with Crippen molar-refractivity contribution in [3.63, 3.8) is 0 Å². The number of imidazole rings is 1. The van der Waals surface area contributed by atoms with Crippen molar-refractivity contribution in [1.82, 2.24) is 19.4 Å². The Hall–Kier alpha value is -1.95. The number of fused-ring (bicyclic) bond motifs is 1. The molecule has 0 spiro atoms. The first-order valence-electron chi connectivity index (χ1n) is 4.75. The molecule has 6 heteroatoms. The molecule has 3 heterocycles. The van der Waals surface area contributed by atoms with E-state index in [1.54, 1.807) is 28.1 Å². The summed E-state index contributed by atoms with van der Waals surface area (Å²) in [6, 6.07) is 0. The van der Waals surface area contributed by atoms with Gasteiger partial charge in [-0.15, -0.1) is 11.3 Å². The maximum absolute atomic E-state index is 5.77. The molecule has 5 nitrogen and oxygen atoms in total. The van der Waals surface area contributed by atoms with E-state index in [-0.39, 0.29) is 0 Å². The van der Waals surface area contributed by atoms with Crippen LogP contribution in [0.1, 0.15) is 5.01 Å². The van der Waals surface area contributed by atoms with Gasteiger partial charge in [0.15, 0.2) is 0 Å². The fraction of sp³-hybridized carbons (Fsp3) is 0.100. The van der Waals surface area contributed by atoms with Crippen LogP contribution in [0, 0.1) is 6.92 Å². The summed E-state index contributed by atoms with van der Waals surface area (Å²) in [5.41, 5.74) is 7.64. The summed E-state index contributed by atoms with van der Waals surface area (Å²) >= 11 is 1.62. The minimum atomic E-state index is 0.580. The fourth-order valence-electron chi connectivity index (χ4n) is 1.52. The zero-order valence-electron chi connectivity index (χ0n) is 8.58. The van der Waals surface area contributed by atoms with Crippen LogP contribution in [0.5, 0.6) is 0 Å². The molecular formula is C10H9N5S. The first-order valence-corrected chi connectivity index (χ1v) is 5.63. The number of aromatic nitrogens is 4. The van der Waals surface area contributed by atoms with E-state index in [1.165, 1.54) is 0 Å². The molecule has 0 amide bonds. The Morgan fingerprint density at radius 1 is 1.31 bits per heavy atom. The van der Waals surface area contributed by atoms with Gasteiger partial charge in [0.2, 0.25) is 5.78 Å². The van der Waals surface area contributed by atoms with Gasteiger partial charge < -0.3 is 5.73 Å². The molecule has 0 saturated heterocycles. The standard InChI is InChI=1S/C10H9N5S/c1-6-14-8(5-16-6)7-2-12-10-13-3-9(11)15(10)4-7/h2-5H,11H2,1H3. The lowest BCUT2D eigenvalue weighted by Gasteiger charge is -1.99. The number of nitrogens with two attached hydrogens (primary N) is 1. The molecule has 3 rings (SSSR count). The number of thiazole rings is 1. The second-order valence-corrected chi connectivity index (χ2v) is 4.51. The lowest BCUT2D eigenvalue weighted by molar-refractivity contribution is 1.11. The minimum absolute atomic E-state index is 0.580. The zero-order valence-corrected chi connectivity index (χ0v) is 9.40. The Balaban J connectivity index is 2.21. The summed E-state index contributed by atoms with van der Waals surface area (Å²) in [7, 11) is 0. The number of hydrogen-bond acceptors (Lipinski definition) is 5. The van der Waals surface area contributed by atoms with E-state index < -0.39 is 0 Å². The number of aryl methyl sites for hydroxylation is 1. The van der Waals surface area contributed by atoms with Crippen molar-refractivity contribution >= 4 is 22.9 Å². The molecule has 0 aromatic carbocycles. The Kier molecular flexibility index (Phi) is 1.90. The van der Waals surface area contributed by atoms with Gasteiger partial charge in [0, 0.05) is 23.3 Å². The summed E-state index contributed by atoms with van der Waals surface area (Å²) in [6.45, 7) is 1.98. The monoisotopic (exact) mass is 231 g/mol. The van der Waals surface area contributed by atoms with Crippen LogP contribution < -0.4 is 5.73 Å². The smallest absolute Gasteiger partial charge is 0.235 e.